The predicted molar refractivity (Wildman–Crippen MR) is 94.1 cm³/mol. The molecule has 0 radical (unpaired) electrons. The van der Waals surface area contributed by atoms with E-state index in [1.54, 1.807) is 0 Å². The molecule has 0 aliphatic heterocycles. The lowest BCUT2D eigenvalue weighted by Gasteiger charge is -2.23. The molecule has 3 heteroatoms. The zero-order chi connectivity index (χ0) is 14.5. The Labute approximate surface area is 138 Å². The standard InChI is InChI=1S/C17H19Br2N/c1-12(2)11-16(13-7-4-3-5-8-13)20-17-14(18)9-6-10-15(17)19/h3-10,12,16,20H,11H2,1-2H3. The van der Waals surface area contributed by atoms with Crippen molar-refractivity contribution < 1.29 is 0 Å². The van der Waals surface area contributed by atoms with Crippen molar-refractivity contribution in [1.82, 2.24) is 0 Å². The van der Waals surface area contributed by atoms with Gasteiger partial charge in [-0.15, -0.1) is 0 Å². The molecule has 0 saturated heterocycles. The van der Waals surface area contributed by atoms with E-state index in [1.807, 2.05) is 6.07 Å². The van der Waals surface area contributed by atoms with E-state index in [2.05, 4.69) is 93.5 Å². The van der Waals surface area contributed by atoms with Gasteiger partial charge in [0, 0.05) is 8.95 Å². The van der Waals surface area contributed by atoms with Gasteiger partial charge in [0.25, 0.3) is 0 Å². The molecule has 1 nitrogen and oxygen atoms in total. The maximum atomic E-state index is 3.67. The van der Waals surface area contributed by atoms with Gasteiger partial charge in [-0.25, -0.2) is 0 Å². The lowest BCUT2D eigenvalue weighted by atomic mass is 9.97. The summed E-state index contributed by atoms with van der Waals surface area (Å²) in [5, 5.41) is 3.67. The fourth-order valence-corrected chi connectivity index (χ4v) is 3.47. The number of hydrogen-bond acceptors (Lipinski definition) is 1. The van der Waals surface area contributed by atoms with E-state index >= 15 is 0 Å². The van der Waals surface area contributed by atoms with Crippen LogP contribution in [-0.2, 0) is 0 Å². The van der Waals surface area contributed by atoms with Crippen LogP contribution in [0.25, 0.3) is 0 Å². The van der Waals surface area contributed by atoms with Crippen LogP contribution in [0.2, 0.25) is 0 Å². The molecular weight excluding hydrogens is 378 g/mol. The molecule has 2 rings (SSSR count). The van der Waals surface area contributed by atoms with Crippen molar-refractivity contribution in [3.8, 4) is 0 Å². The molecule has 0 saturated carbocycles. The predicted octanol–water partition coefficient (Wildman–Crippen LogP) is 6.41. The van der Waals surface area contributed by atoms with Crippen LogP contribution in [0.1, 0.15) is 31.9 Å². The van der Waals surface area contributed by atoms with Crippen molar-refractivity contribution in [2.75, 3.05) is 5.32 Å². The third-order valence-corrected chi connectivity index (χ3v) is 4.51. The average Bonchev–Trinajstić information content (AvgIpc) is 2.42. The van der Waals surface area contributed by atoms with Crippen LogP contribution in [0.3, 0.4) is 0 Å². The highest BCUT2D eigenvalue weighted by Crippen LogP contribution is 2.35. The van der Waals surface area contributed by atoms with E-state index < -0.39 is 0 Å². The summed E-state index contributed by atoms with van der Waals surface area (Å²) in [6, 6.07) is 17.1. The summed E-state index contributed by atoms with van der Waals surface area (Å²) in [6.45, 7) is 4.51. The van der Waals surface area contributed by atoms with Gasteiger partial charge in [-0.05, 0) is 61.9 Å². The third-order valence-electron chi connectivity index (χ3n) is 3.19. The Bertz CT molecular complexity index is 532. The molecule has 0 spiro atoms. The van der Waals surface area contributed by atoms with Crippen LogP contribution in [0.5, 0.6) is 0 Å². The van der Waals surface area contributed by atoms with Crippen molar-refractivity contribution >= 4 is 37.5 Å². The van der Waals surface area contributed by atoms with Crippen molar-refractivity contribution in [2.24, 2.45) is 5.92 Å². The quantitative estimate of drug-likeness (QED) is 0.615. The van der Waals surface area contributed by atoms with Gasteiger partial charge in [-0.3, -0.25) is 0 Å². The first kappa shape index (κ1) is 15.6. The van der Waals surface area contributed by atoms with E-state index in [0.717, 1.165) is 21.1 Å². The van der Waals surface area contributed by atoms with Gasteiger partial charge >= 0.3 is 0 Å². The van der Waals surface area contributed by atoms with Crippen molar-refractivity contribution in [3.05, 3.63) is 63.0 Å². The monoisotopic (exact) mass is 395 g/mol. The molecule has 2 aromatic rings. The highest BCUT2D eigenvalue weighted by Gasteiger charge is 2.15. The number of hydrogen-bond donors (Lipinski definition) is 1. The highest BCUT2D eigenvalue weighted by atomic mass is 79.9. The Morgan fingerprint density at radius 2 is 1.50 bits per heavy atom. The van der Waals surface area contributed by atoms with E-state index in [4.69, 9.17) is 0 Å². The summed E-state index contributed by atoms with van der Waals surface area (Å²) in [6.07, 6.45) is 1.10. The first-order valence-corrected chi connectivity index (χ1v) is 8.42. The Morgan fingerprint density at radius 3 is 2.05 bits per heavy atom. The molecule has 0 aromatic heterocycles. The fourth-order valence-electron chi connectivity index (χ4n) is 2.25. The van der Waals surface area contributed by atoms with E-state index in [-0.39, 0.29) is 0 Å². The van der Waals surface area contributed by atoms with Gasteiger partial charge < -0.3 is 5.32 Å². The summed E-state index contributed by atoms with van der Waals surface area (Å²) in [7, 11) is 0. The normalized spacial score (nSPS) is 12.4. The smallest absolute Gasteiger partial charge is 0.0633 e. The maximum absolute atomic E-state index is 3.67. The molecule has 1 atom stereocenters. The number of benzene rings is 2. The Morgan fingerprint density at radius 1 is 0.900 bits per heavy atom. The zero-order valence-electron chi connectivity index (χ0n) is 11.7. The van der Waals surface area contributed by atoms with Gasteiger partial charge in [-0.1, -0.05) is 50.2 Å². The van der Waals surface area contributed by atoms with Crippen molar-refractivity contribution in [1.29, 1.82) is 0 Å². The van der Waals surface area contributed by atoms with E-state index in [0.29, 0.717) is 12.0 Å². The largest absolute Gasteiger partial charge is 0.376 e. The second kappa shape index (κ2) is 7.28. The summed E-state index contributed by atoms with van der Waals surface area (Å²) >= 11 is 7.24. The molecule has 0 amide bonds. The second-order valence-corrected chi connectivity index (χ2v) is 7.04. The second-order valence-electron chi connectivity index (χ2n) is 5.33. The number of halogens is 2. The van der Waals surface area contributed by atoms with Crippen LogP contribution in [0.15, 0.2) is 57.5 Å². The summed E-state index contributed by atoms with van der Waals surface area (Å²) in [4.78, 5) is 0. The Balaban J connectivity index is 2.29. The SMILES string of the molecule is CC(C)CC(Nc1c(Br)cccc1Br)c1ccccc1. The average molecular weight is 397 g/mol. The van der Waals surface area contributed by atoms with Crippen LogP contribution >= 0.6 is 31.9 Å². The zero-order valence-corrected chi connectivity index (χ0v) is 14.9. The molecule has 2 aromatic carbocycles. The van der Waals surface area contributed by atoms with Crippen LogP contribution in [0.4, 0.5) is 5.69 Å². The fraction of sp³-hybridized carbons (Fsp3) is 0.294. The summed E-state index contributed by atoms with van der Waals surface area (Å²) in [5.41, 5.74) is 2.44. The molecule has 20 heavy (non-hydrogen) atoms. The van der Waals surface area contributed by atoms with Crippen molar-refractivity contribution in [3.63, 3.8) is 0 Å². The Hall–Kier alpha value is -0.800. The number of nitrogens with one attached hydrogen (secondary N) is 1. The summed E-state index contributed by atoms with van der Waals surface area (Å²) in [5.74, 6) is 0.633. The number of para-hydroxylation sites is 1. The first-order chi connectivity index (χ1) is 9.58. The minimum Gasteiger partial charge on any atom is -0.376 e. The van der Waals surface area contributed by atoms with Crippen LogP contribution in [-0.4, -0.2) is 0 Å². The molecule has 106 valence electrons. The minimum atomic E-state index is 0.311. The van der Waals surface area contributed by atoms with Gasteiger partial charge in [0.1, 0.15) is 0 Å². The topological polar surface area (TPSA) is 12.0 Å². The first-order valence-electron chi connectivity index (χ1n) is 6.83. The lowest BCUT2D eigenvalue weighted by molar-refractivity contribution is 0.531. The van der Waals surface area contributed by atoms with Crippen molar-refractivity contribution in [2.45, 2.75) is 26.3 Å². The molecule has 1 N–H and O–H groups in total. The third kappa shape index (κ3) is 4.10. The lowest BCUT2D eigenvalue weighted by Crippen LogP contribution is -2.14. The van der Waals surface area contributed by atoms with Gasteiger partial charge in [0.05, 0.1) is 11.7 Å². The molecule has 0 aliphatic carbocycles. The molecule has 0 aliphatic rings. The van der Waals surface area contributed by atoms with Gasteiger partial charge in [-0.2, -0.15) is 0 Å². The van der Waals surface area contributed by atoms with Crippen LogP contribution in [0, 0.1) is 5.92 Å². The molecular formula is C17H19Br2N. The van der Waals surface area contributed by atoms with E-state index in [1.165, 1.54) is 5.56 Å². The molecule has 0 fully saturated rings. The number of rotatable bonds is 5. The highest BCUT2D eigenvalue weighted by molar-refractivity contribution is 9.11. The minimum absolute atomic E-state index is 0.311. The molecule has 1 unspecified atom stereocenters. The van der Waals surface area contributed by atoms with Gasteiger partial charge in [0.15, 0.2) is 0 Å². The summed E-state index contributed by atoms with van der Waals surface area (Å²) < 4.78 is 2.16. The Kier molecular flexibility index (Phi) is 5.67. The number of anilines is 1. The van der Waals surface area contributed by atoms with Crippen LogP contribution < -0.4 is 5.32 Å². The van der Waals surface area contributed by atoms with E-state index in [9.17, 15) is 0 Å². The molecule has 0 heterocycles. The maximum Gasteiger partial charge on any atom is 0.0633 e. The van der Waals surface area contributed by atoms with Gasteiger partial charge in [0.2, 0.25) is 0 Å². The molecule has 0 bridgehead atoms.